The molecule has 8 heteroatoms. The third-order valence-electron chi connectivity index (χ3n) is 5.42. The number of fused-ring (bicyclic) bond motifs is 1. The highest BCUT2D eigenvalue weighted by Gasteiger charge is 2.38. The van der Waals surface area contributed by atoms with Crippen LogP contribution in [0, 0.1) is 31.1 Å². The molecule has 0 aliphatic heterocycles. The summed E-state index contributed by atoms with van der Waals surface area (Å²) in [6.07, 6.45) is 1.70. The first kappa shape index (κ1) is 18.2. The Hall–Kier alpha value is -3.18. The molecule has 0 aromatic carbocycles. The van der Waals surface area contributed by atoms with E-state index in [0.29, 0.717) is 41.8 Å². The Balaban J connectivity index is 1.51. The first-order valence-corrected chi connectivity index (χ1v) is 9.39. The molecule has 0 bridgehead atoms. The van der Waals surface area contributed by atoms with Crippen molar-refractivity contribution in [1.82, 2.24) is 19.6 Å². The number of anilines is 2. The Morgan fingerprint density at radius 3 is 2.89 bits per heavy atom. The van der Waals surface area contributed by atoms with Gasteiger partial charge in [-0.25, -0.2) is 4.98 Å². The van der Waals surface area contributed by atoms with E-state index in [9.17, 15) is 10.4 Å². The molecule has 2 atom stereocenters. The fourth-order valence-electron chi connectivity index (χ4n) is 3.48. The van der Waals surface area contributed by atoms with Crippen LogP contribution >= 0.6 is 0 Å². The van der Waals surface area contributed by atoms with Crippen molar-refractivity contribution in [1.29, 1.82) is 5.26 Å². The second-order valence-electron chi connectivity index (χ2n) is 7.29. The quantitative estimate of drug-likeness (QED) is 0.599. The standard InChI is InChI=1S/C20H23N7O/c1-11-12(2)26-27-18(22)16(9-21)19(25-20(11)27)23-7-6-14-4-3-5-17(24-14)15-8-13(15)10-28/h3-5,13,15,28H,6-8,10,22H2,1-2H3,(H,23,25). The SMILES string of the molecule is Cc1nn2c(N)c(C#N)c(NCCc3cccc(C4CC4CO)n3)nc2c1C. The number of nitrogens with two attached hydrogens (primary N) is 1. The highest BCUT2D eigenvalue weighted by Crippen LogP contribution is 2.46. The van der Waals surface area contributed by atoms with Crippen molar-refractivity contribution >= 4 is 17.3 Å². The molecule has 4 N–H and O–H groups in total. The number of nitriles is 1. The lowest BCUT2D eigenvalue weighted by atomic mass is 10.2. The molecule has 0 radical (unpaired) electrons. The Labute approximate surface area is 163 Å². The van der Waals surface area contributed by atoms with E-state index in [-0.39, 0.29) is 12.4 Å². The van der Waals surface area contributed by atoms with Crippen LogP contribution in [-0.2, 0) is 6.42 Å². The number of rotatable bonds is 6. The molecule has 0 spiro atoms. The Kier molecular flexibility index (Phi) is 4.61. The molecule has 0 amide bonds. The van der Waals surface area contributed by atoms with Gasteiger partial charge in [0.15, 0.2) is 5.65 Å². The zero-order valence-corrected chi connectivity index (χ0v) is 16.0. The van der Waals surface area contributed by atoms with Gasteiger partial charge in [-0.3, -0.25) is 4.98 Å². The lowest BCUT2D eigenvalue weighted by Crippen LogP contribution is -2.13. The van der Waals surface area contributed by atoms with Gasteiger partial charge in [0.25, 0.3) is 0 Å². The number of nitrogens with one attached hydrogen (secondary N) is 1. The van der Waals surface area contributed by atoms with Crippen molar-refractivity contribution in [3.05, 3.63) is 46.4 Å². The number of aliphatic hydroxyl groups excluding tert-OH is 1. The summed E-state index contributed by atoms with van der Waals surface area (Å²) in [5, 5.41) is 26.4. The molecule has 144 valence electrons. The molecule has 0 saturated heterocycles. The fourth-order valence-corrected chi connectivity index (χ4v) is 3.48. The number of aliphatic hydroxyl groups is 1. The van der Waals surface area contributed by atoms with Crippen LogP contribution in [-0.4, -0.2) is 37.8 Å². The molecule has 1 aliphatic carbocycles. The lowest BCUT2D eigenvalue weighted by Gasteiger charge is -2.11. The zero-order valence-electron chi connectivity index (χ0n) is 16.0. The van der Waals surface area contributed by atoms with E-state index in [1.807, 2.05) is 32.0 Å². The highest BCUT2D eigenvalue weighted by molar-refractivity contribution is 5.69. The second-order valence-corrected chi connectivity index (χ2v) is 7.29. The first-order valence-electron chi connectivity index (χ1n) is 9.39. The van der Waals surface area contributed by atoms with Crippen LogP contribution in [0.15, 0.2) is 18.2 Å². The Morgan fingerprint density at radius 1 is 1.36 bits per heavy atom. The number of aryl methyl sites for hydroxylation is 2. The van der Waals surface area contributed by atoms with Gasteiger partial charge in [0, 0.05) is 42.4 Å². The normalized spacial score (nSPS) is 18.2. The molecule has 1 fully saturated rings. The third-order valence-corrected chi connectivity index (χ3v) is 5.42. The van der Waals surface area contributed by atoms with Crippen molar-refractivity contribution in [2.75, 3.05) is 24.2 Å². The molecule has 4 rings (SSSR count). The van der Waals surface area contributed by atoms with E-state index in [0.717, 1.165) is 29.1 Å². The lowest BCUT2D eigenvalue weighted by molar-refractivity contribution is 0.273. The average Bonchev–Trinajstić information content (AvgIpc) is 3.44. The second kappa shape index (κ2) is 7.09. The van der Waals surface area contributed by atoms with Gasteiger partial charge in [-0.15, -0.1) is 0 Å². The molecule has 28 heavy (non-hydrogen) atoms. The van der Waals surface area contributed by atoms with Gasteiger partial charge in [0.2, 0.25) is 0 Å². The molecule has 8 nitrogen and oxygen atoms in total. The molecule has 1 saturated carbocycles. The third kappa shape index (κ3) is 3.14. The fraction of sp³-hybridized carbons (Fsp3) is 0.400. The van der Waals surface area contributed by atoms with E-state index in [1.165, 1.54) is 4.52 Å². The summed E-state index contributed by atoms with van der Waals surface area (Å²) < 4.78 is 1.52. The molecule has 2 unspecified atom stereocenters. The molecule has 3 aromatic heterocycles. The van der Waals surface area contributed by atoms with E-state index < -0.39 is 0 Å². The Morgan fingerprint density at radius 2 is 2.18 bits per heavy atom. The van der Waals surface area contributed by atoms with Gasteiger partial charge >= 0.3 is 0 Å². The van der Waals surface area contributed by atoms with E-state index in [2.05, 4.69) is 21.5 Å². The summed E-state index contributed by atoms with van der Waals surface area (Å²) in [7, 11) is 0. The molecular weight excluding hydrogens is 354 g/mol. The van der Waals surface area contributed by atoms with Crippen molar-refractivity contribution in [3.8, 4) is 6.07 Å². The van der Waals surface area contributed by atoms with Crippen LogP contribution in [0.2, 0.25) is 0 Å². The van der Waals surface area contributed by atoms with Gasteiger partial charge < -0.3 is 16.2 Å². The van der Waals surface area contributed by atoms with E-state index in [1.54, 1.807) is 0 Å². The van der Waals surface area contributed by atoms with Crippen LogP contribution in [0.25, 0.3) is 5.65 Å². The molecule has 3 aromatic rings. The number of hydrogen-bond acceptors (Lipinski definition) is 7. The van der Waals surface area contributed by atoms with E-state index >= 15 is 0 Å². The predicted octanol–water partition coefficient (Wildman–Crippen LogP) is 1.95. The zero-order chi connectivity index (χ0) is 19.8. The van der Waals surface area contributed by atoms with Gasteiger partial charge in [-0.05, 0) is 38.3 Å². The largest absolute Gasteiger partial charge is 0.396 e. The number of nitrogen functional groups attached to an aromatic ring is 1. The molecular formula is C20H23N7O. The molecule has 1 aliphatic rings. The average molecular weight is 377 g/mol. The van der Waals surface area contributed by atoms with Crippen LogP contribution in [0.4, 0.5) is 11.6 Å². The first-order chi connectivity index (χ1) is 13.5. The van der Waals surface area contributed by atoms with Gasteiger partial charge in [0.05, 0.1) is 5.69 Å². The van der Waals surface area contributed by atoms with Gasteiger partial charge in [0.1, 0.15) is 23.3 Å². The summed E-state index contributed by atoms with van der Waals surface area (Å²) in [4.78, 5) is 9.29. The maximum Gasteiger partial charge on any atom is 0.162 e. The van der Waals surface area contributed by atoms with Crippen molar-refractivity contribution in [3.63, 3.8) is 0 Å². The monoisotopic (exact) mass is 377 g/mol. The minimum absolute atomic E-state index is 0.220. The minimum Gasteiger partial charge on any atom is -0.396 e. The number of pyridine rings is 1. The van der Waals surface area contributed by atoms with Crippen LogP contribution in [0.1, 0.15) is 40.5 Å². The summed E-state index contributed by atoms with van der Waals surface area (Å²) in [6.45, 7) is 4.63. The smallest absolute Gasteiger partial charge is 0.162 e. The van der Waals surface area contributed by atoms with Crippen molar-refractivity contribution in [2.45, 2.75) is 32.6 Å². The number of aromatic nitrogens is 4. The maximum absolute atomic E-state index is 9.52. The predicted molar refractivity (Wildman–Crippen MR) is 106 cm³/mol. The topological polar surface area (TPSA) is 125 Å². The summed E-state index contributed by atoms with van der Waals surface area (Å²) >= 11 is 0. The van der Waals surface area contributed by atoms with Crippen LogP contribution in [0.5, 0.6) is 0 Å². The Bertz CT molecular complexity index is 1080. The van der Waals surface area contributed by atoms with Gasteiger partial charge in [-0.2, -0.15) is 14.9 Å². The van der Waals surface area contributed by atoms with Crippen LogP contribution < -0.4 is 11.1 Å². The van der Waals surface area contributed by atoms with Crippen molar-refractivity contribution < 1.29 is 5.11 Å². The molecule has 3 heterocycles. The summed E-state index contributed by atoms with van der Waals surface area (Å²) in [5.74, 6) is 1.48. The number of nitrogens with zero attached hydrogens (tertiary/aromatic N) is 5. The maximum atomic E-state index is 9.52. The van der Waals surface area contributed by atoms with Crippen molar-refractivity contribution in [2.24, 2.45) is 5.92 Å². The van der Waals surface area contributed by atoms with Gasteiger partial charge in [-0.1, -0.05) is 6.07 Å². The van der Waals surface area contributed by atoms with E-state index in [4.69, 9.17) is 10.7 Å². The van der Waals surface area contributed by atoms with Crippen LogP contribution in [0.3, 0.4) is 0 Å². The highest BCUT2D eigenvalue weighted by atomic mass is 16.3. The number of hydrogen-bond donors (Lipinski definition) is 3. The summed E-state index contributed by atoms with van der Waals surface area (Å²) in [5.41, 5.74) is 10.9. The summed E-state index contributed by atoms with van der Waals surface area (Å²) in [6, 6.07) is 8.14. The minimum atomic E-state index is 0.220.